The number of hydrogen-bond acceptors (Lipinski definition) is 3. The molecule has 0 amide bonds. The minimum absolute atomic E-state index is 0.493. The van der Waals surface area contributed by atoms with Gasteiger partial charge in [-0.25, -0.2) is 0 Å². The third-order valence-corrected chi connectivity index (χ3v) is 3.58. The van der Waals surface area contributed by atoms with Crippen molar-refractivity contribution >= 4 is 5.69 Å². The van der Waals surface area contributed by atoms with Gasteiger partial charge in [0.15, 0.2) is 0 Å². The number of ether oxygens (including phenoxy) is 1. The zero-order valence-electron chi connectivity index (χ0n) is 11.0. The summed E-state index contributed by atoms with van der Waals surface area (Å²) in [6.07, 6.45) is 2.67. The Hall–Kier alpha value is -1.22. The summed E-state index contributed by atoms with van der Waals surface area (Å²) in [5, 5.41) is 3.30. The van der Waals surface area contributed by atoms with Gasteiger partial charge in [0.05, 0.1) is 7.11 Å². The van der Waals surface area contributed by atoms with Crippen LogP contribution < -0.4 is 15.0 Å². The molecule has 0 bridgehead atoms. The zero-order valence-corrected chi connectivity index (χ0v) is 11.0. The van der Waals surface area contributed by atoms with Crippen molar-refractivity contribution in [3.8, 4) is 5.75 Å². The standard InChI is InChI=1S/C14H22N2O/c1-15-10-14(7-8-14)11-16(2)12-5-4-6-13(9-12)17-3/h4-6,9,15H,7-8,10-11H2,1-3H3. The SMILES string of the molecule is CNCC1(CN(C)c2cccc(OC)c2)CC1. The fourth-order valence-electron chi connectivity index (χ4n) is 2.38. The van der Waals surface area contributed by atoms with Gasteiger partial charge in [-0.1, -0.05) is 6.07 Å². The van der Waals surface area contributed by atoms with E-state index in [1.54, 1.807) is 7.11 Å². The predicted molar refractivity (Wildman–Crippen MR) is 71.9 cm³/mol. The van der Waals surface area contributed by atoms with Gasteiger partial charge >= 0.3 is 0 Å². The van der Waals surface area contributed by atoms with E-state index in [2.05, 4.69) is 29.4 Å². The lowest BCUT2D eigenvalue weighted by Crippen LogP contribution is -2.32. The highest BCUT2D eigenvalue weighted by Crippen LogP contribution is 2.46. The Kier molecular flexibility index (Phi) is 3.57. The maximum Gasteiger partial charge on any atom is 0.120 e. The van der Waals surface area contributed by atoms with E-state index >= 15 is 0 Å². The van der Waals surface area contributed by atoms with Crippen LogP contribution in [0.1, 0.15) is 12.8 Å². The summed E-state index contributed by atoms with van der Waals surface area (Å²) in [4.78, 5) is 2.33. The van der Waals surface area contributed by atoms with Gasteiger partial charge in [0.2, 0.25) is 0 Å². The Bertz CT molecular complexity index is 374. The molecular weight excluding hydrogens is 212 g/mol. The molecule has 0 heterocycles. The molecule has 0 radical (unpaired) electrons. The molecule has 1 saturated carbocycles. The summed E-state index contributed by atoms with van der Waals surface area (Å²) in [5.74, 6) is 0.924. The van der Waals surface area contributed by atoms with Crippen molar-refractivity contribution in [2.75, 3.05) is 39.2 Å². The van der Waals surface area contributed by atoms with Gasteiger partial charge in [-0.3, -0.25) is 0 Å². The summed E-state index contributed by atoms with van der Waals surface area (Å²) < 4.78 is 5.26. The second-order valence-corrected chi connectivity index (χ2v) is 5.09. The number of nitrogens with one attached hydrogen (secondary N) is 1. The lowest BCUT2D eigenvalue weighted by atomic mass is 10.1. The van der Waals surface area contributed by atoms with Crippen LogP contribution in [0.25, 0.3) is 0 Å². The molecule has 0 atom stereocenters. The maximum absolute atomic E-state index is 5.26. The van der Waals surface area contributed by atoms with E-state index < -0.39 is 0 Å². The first-order valence-electron chi connectivity index (χ1n) is 6.19. The normalized spacial score (nSPS) is 16.6. The van der Waals surface area contributed by atoms with Crippen LogP contribution in [0.3, 0.4) is 0 Å². The molecule has 1 aliphatic rings. The van der Waals surface area contributed by atoms with Gasteiger partial charge in [0, 0.05) is 37.3 Å². The van der Waals surface area contributed by atoms with Crippen molar-refractivity contribution in [2.24, 2.45) is 5.41 Å². The molecule has 17 heavy (non-hydrogen) atoms. The number of rotatable bonds is 6. The van der Waals surface area contributed by atoms with Crippen LogP contribution in [-0.2, 0) is 0 Å². The minimum atomic E-state index is 0.493. The maximum atomic E-state index is 5.26. The molecule has 94 valence electrons. The molecule has 1 N–H and O–H groups in total. The van der Waals surface area contributed by atoms with Crippen LogP contribution in [0.15, 0.2) is 24.3 Å². The number of nitrogens with zero attached hydrogens (tertiary/aromatic N) is 1. The summed E-state index contributed by atoms with van der Waals surface area (Å²) in [6.45, 7) is 2.22. The van der Waals surface area contributed by atoms with E-state index in [1.807, 2.05) is 19.2 Å². The van der Waals surface area contributed by atoms with Gasteiger partial charge in [-0.05, 0) is 32.0 Å². The molecule has 0 saturated heterocycles. The van der Waals surface area contributed by atoms with Gasteiger partial charge in [0.1, 0.15) is 5.75 Å². The largest absolute Gasteiger partial charge is 0.497 e. The Morgan fingerprint density at radius 2 is 2.18 bits per heavy atom. The van der Waals surface area contributed by atoms with Crippen molar-refractivity contribution in [2.45, 2.75) is 12.8 Å². The molecule has 2 rings (SSSR count). The minimum Gasteiger partial charge on any atom is -0.497 e. The average molecular weight is 234 g/mol. The molecule has 0 unspecified atom stereocenters. The first-order chi connectivity index (χ1) is 8.19. The third kappa shape index (κ3) is 2.91. The van der Waals surface area contributed by atoms with Crippen LogP contribution in [0, 0.1) is 5.41 Å². The Morgan fingerprint density at radius 1 is 1.41 bits per heavy atom. The van der Waals surface area contributed by atoms with Crippen molar-refractivity contribution in [1.82, 2.24) is 5.32 Å². The molecule has 3 heteroatoms. The van der Waals surface area contributed by atoms with E-state index in [1.165, 1.54) is 18.5 Å². The van der Waals surface area contributed by atoms with Crippen LogP contribution >= 0.6 is 0 Å². The molecule has 1 fully saturated rings. The van der Waals surface area contributed by atoms with E-state index in [-0.39, 0.29) is 0 Å². The van der Waals surface area contributed by atoms with Gasteiger partial charge in [0.25, 0.3) is 0 Å². The number of methoxy groups -OCH3 is 1. The molecule has 0 spiro atoms. The predicted octanol–water partition coefficient (Wildman–Crippen LogP) is 2.13. The van der Waals surface area contributed by atoms with Gasteiger partial charge in [-0.2, -0.15) is 0 Å². The van der Waals surface area contributed by atoms with Gasteiger partial charge < -0.3 is 15.0 Å². The lowest BCUT2D eigenvalue weighted by Gasteiger charge is -2.25. The Morgan fingerprint density at radius 3 is 2.76 bits per heavy atom. The molecular formula is C14H22N2O. The van der Waals surface area contributed by atoms with Crippen LogP contribution in [0.4, 0.5) is 5.69 Å². The molecule has 0 aliphatic heterocycles. The van der Waals surface area contributed by atoms with E-state index in [9.17, 15) is 0 Å². The molecule has 1 aromatic rings. The molecule has 0 aromatic heterocycles. The van der Waals surface area contributed by atoms with Crippen LogP contribution in [0.5, 0.6) is 5.75 Å². The van der Waals surface area contributed by atoms with Crippen molar-refractivity contribution in [1.29, 1.82) is 0 Å². The van der Waals surface area contributed by atoms with E-state index in [0.717, 1.165) is 18.8 Å². The first-order valence-corrected chi connectivity index (χ1v) is 6.19. The van der Waals surface area contributed by atoms with Crippen LogP contribution in [0.2, 0.25) is 0 Å². The fraction of sp³-hybridized carbons (Fsp3) is 0.571. The fourth-order valence-corrected chi connectivity index (χ4v) is 2.38. The van der Waals surface area contributed by atoms with E-state index in [4.69, 9.17) is 4.74 Å². The van der Waals surface area contributed by atoms with Crippen molar-refractivity contribution in [3.05, 3.63) is 24.3 Å². The smallest absolute Gasteiger partial charge is 0.120 e. The van der Waals surface area contributed by atoms with Crippen LogP contribution in [-0.4, -0.2) is 34.3 Å². The molecule has 1 aromatic carbocycles. The zero-order chi connectivity index (χ0) is 12.3. The van der Waals surface area contributed by atoms with Crippen molar-refractivity contribution in [3.63, 3.8) is 0 Å². The highest BCUT2D eigenvalue weighted by molar-refractivity contribution is 5.50. The number of benzene rings is 1. The number of hydrogen-bond donors (Lipinski definition) is 1. The van der Waals surface area contributed by atoms with E-state index in [0.29, 0.717) is 5.41 Å². The second kappa shape index (κ2) is 4.96. The van der Waals surface area contributed by atoms with Gasteiger partial charge in [-0.15, -0.1) is 0 Å². The Labute approximate surface area is 104 Å². The molecule has 3 nitrogen and oxygen atoms in total. The third-order valence-electron chi connectivity index (χ3n) is 3.58. The summed E-state index contributed by atoms with van der Waals surface area (Å²) in [7, 11) is 5.90. The topological polar surface area (TPSA) is 24.5 Å². The quantitative estimate of drug-likeness (QED) is 0.816. The second-order valence-electron chi connectivity index (χ2n) is 5.09. The molecule has 1 aliphatic carbocycles. The average Bonchev–Trinajstić information content (AvgIpc) is 3.09. The summed E-state index contributed by atoms with van der Waals surface area (Å²) in [6, 6.07) is 8.26. The number of anilines is 1. The monoisotopic (exact) mass is 234 g/mol. The highest BCUT2D eigenvalue weighted by atomic mass is 16.5. The lowest BCUT2D eigenvalue weighted by molar-refractivity contribution is 0.414. The first kappa shape index (κ1) is 12.2. The Balaban J connectivity index is 2.01. The summed E-state index contributed by atoms with van der Waals surface area (Å²) in [5.41, 5.74) is 1.72. The highest BCUT2D eigenvalue weighted by Gasteiger charge is 2.42. The van der Waals surface area contributed by atoms with Crippen molar-refractivity contribution < 1.29 is 4.74 Å². The summed E-state index contributed by atoms with van der Waals surface area (Å²) >= 11 is 0.